The molecule has 0 fully saturated rings. The summed E-state index contributed by atoms with van der Waals surface area (Å²) in [7, 11) is 0. The van der Waals surface area contributed by atoms with Crippen molar-refractivity contribution >= 4 is 11.8 Å². The average molecular weight is 316 g/mol. The van der Waals surface area contributed by atoms with E-state index in [1.807, 2.05) is 25.1 Å². The quantitative estimate of drug-likeness (QED) is 0.816. The molecule has 2 N–H and O–H groups in total. The Bertz CT molecular complexity index is 652. The molecule has 1 heterocycles. The van der Waals surface area contributed by atoms with Gasteiger partial charge >= 0.3 is 0 Å². The average Bonchev–Trinajstić information content (AvgIpc) is 3.04. The largest absolute Gasteiger partial charge is 0.484 e. The van der Waals surface area contributed by atoms with E-state index in [2.05, 4.69) is 10.6 Å². The summed E-state index contributed by atoms with van der Waals surface area (Å²) in [6.07, 6.45) is 1.54. The third-order valence-corrected chi connectivity index (χ3v) is 3.15. The van der Waals surface area contributed by atoms with Crippen molar-refractivity contribution in [1.29, 1.82) is 0 Å². The van der Waals surface area contributed by atoms with E-state index in [1.54, 1.807) is 25.1 Å². The lowest BCUT2D eigenvalue weighted by Crippen LogP contribution is -2.46. The first-order valence-corrected chi connectivity index (χ1v) is 7.33. The Morgan fingerprint density at radius 2 is 2.09 bits per heavy atom. The van der Waals surface area contributed by atoms with Crippen LogP contribution in [-0.2, 0) is 16.1 Å². The Morgan fingerprint density at radius 3 is 2.78 bits per heavy atom. The highest BCUT2D eigenvalue weighted by Gasteiger charge is 2.15. The second kappa shape index (κ2) is 8.03. The molecular formula is C17H20N2O4. The number of hydrogen-bond donors (Lipinski definition) is 2. The van der Waals surface area contributed by atoms with Crippen LogP contribution in [0.15, 0.2) is 47.1 Å². The van der Waals surface area contributed by atoms with Crippen LogP contribution in [0.2, 0.25) is 0 Å². The summed E-state index contributed by atoms with van der Waals surface area (Å²) in [4.78, 5) is 23.7. The van der Waals surface area contributed by atoms with Gasteiger partial charge in [0.25, 0.3) is 5.91 Å². The number of rotatable bonds is 7. The molecule has 0 radical (unpaired) electrons. The Labute approximate surface area is 134 Å². The van der Waals surface area contributed by atoms with Crippen molar-refractivity contribution in [3.63, 3.8) is 0 Å². The minimum Gasteiger partial charge on any atom is -0.484 e. The molecule has 1 aromatic carbocycles. The van der Waals surface area contributed by atoms with Crippen LogP contribution in [0.25, 0.3) is 0 Å². The number of amides is 2. The zero-order chi connectivity index (χ0) is 16.7. The summed E-state index contributed by atoms with van der Waals surface area (Å²) in [5.41, 5.74) is 1.05. The molecule has 6 nitrogen and oxygen atoms in total. The van der Waals surface area contributed by atoms with Crippen molar-refractivity contribution in [3.05, 3.63) is 54.0 Å². The highest BCUT2D eigenvalue weighted by atomic mass is 16.5. The maximum absolute atomic E-state index is 11.9. The molecule has 0 saturated carbocycles. The number of carbonyl (C=O) groups is 2. The second-order valence-electron chi connectivity index (χ2n) is 5.19. The Morgan fingerprint density at radius 1 is 1.26 bits per heavy atom. The van der Waals surface area contributed by atoms with Crippen molar-refractivity contribution in [1.82, 2.24) is 10.6 Å². The lowest BCUT2D eigenvalue weighted by atomic mass is 10.2. The van der Waals surface area contributed by atoms with Gasteiger partial charge in [-0.3, -0.25) is 9.59 Å². The van der Waals surface area contributed by atoms with Crippen molar-refractivity contribution in [2.45, 2.75) is 26.4 Å². The van der Waals surface area contributed by atoms with E-state index >= 15 is 0 Å². The lowest BCUT2D eigenvalue weighted by molar-refractivity contribution is -0.129. The molecule has 0 aliphatic carbocycles. The van der Waals surface area contributed by atoms with Crippen molar-refractivity contribution in [2.24, 2.45) is 0 Å². The minimum absolute atomic E-state index is 0.140. The number of nitrogens with one attached hydrogen (secondary N) is 2. The predicted molar refractivity (Wildman–Crippen MR) is 84.8 cm³/mol. The van der Waals surface area contributed by atoms with Gasteiger partial charge in [-0.05, 0) is 43.7 Å². The molecule has 2 aromatic rings. The smallest absolute Gasteiger partial charge is 0.258 e. The molecule has 2 amide bonds. The molecular weight excluding hydrogens is 296 g/mol. The van der Waals surface area contributed by atoms with Crippen LogP contribution in [0.4, 0.5) is 0 Å². The molecule has 1 aromatic heterocycles. The van der Waals surface area contributed by atoms with E-state index < -0.39 is 6.04 Å². The summed E-state index contributed by atoms with van der Waals surface area (Å²) in [5.74, 6) is 0.632. The van der Waals surface area contributed by atoms with E-state index in [0.29, 0.717) is 11.5 Å². The molecule has 6 heteroatoms. The van der Waals surface area contributed by atoms with E-state index in [9.17, 15) is 9.59 Å². The summed E-state index contributed by atoms with van der Waals surface area (Å²) in [6, 6.07) is 10.3. The fourth-order valence-corrected chi connectivity index (χ4v) is 1.94. The third kappa shape index (κ3) is 5.50. The SMILES string of the molecule is Cc1cccc(OCC(=O)N[C@@H](C)C(=O)NCc2ccco2)c1. The molecule has 0 unspecified atom stereocenters. The van der Waals surface area contributed by atoms with Gasteiger partial charge in [0.15, 0.2) is 6.61 Å². The molecule has 0 bridgehead atoms. The standard InChI is InChI=1S/C17H20N2O4/c1-12-5-3-6-14(9-12)23-11-16(20)19-13(2)17(21)18-10-15-7-4-8-22-15/h3-9,13H,10-11H2,1-2H3,(H,18,21)(H,19,20)/t13-/m0/s1. The topological polar surface area (TPSA) is 80.6 Å². The van der Waals surface area contributed by atoms with Gasteiger partial charge < -0.3 is 19.8 Å². The first-order chi connectivity index (χ1) is 11.0. The van der Waals surface area contributed by atoms with Crippen molar-refractivity contribution < 1.29 is 18.7 Å². The predicted octanol–water partition coefficient (Wildman–Crippen LogP) is 1.79. The molecule has 2 rings (SSSR count). The first kappa shape index (κ1) is 16.6. The van der Waals surface area contributed by atoms with E-state index in [1.165, 1.54) is 6.26 Å². The summed E-state index contributed by atoms with van der Waals surface area (Å²) >= 11 is 0. The van der Waals surface area contributed by atoms with Gasteiger partial charge in [-0.1, -0.05) is 12.1 Å². The van der Waals surface area contributed by atoms with E-state index in [4.69, 9.17) is 9.15 Å². The van der Waals surface area contributed by atoms with Crippen LogP contribution in [0.1, 0.15) is 18.2 Å². The maximum Gasteiger partial charge on any atom is 0.258 e. The number of aryl methyl sites for hydroxylation is 1. The number of hydrogen-bond acceptors (Lipinski definition) is 4. The fraction of sp³-hybridized carbons (Fsp3) is 0.294. The van der Waals surface area contributed by atoms with E-state index in [0.717, 1.165) is 5.56 Å². The molecule has 0 aliphatic heterocycles. The first-order valence-electron chi connectivity index (χ1n) is 7.33. The van der Waals surface area contributed by atoms with Gasteiger partial charge in [-0.15, -0.1) is 0 Å². The monoisotopic (exact) mass is 316 g/mol. The fourth-order valence-electron chi connectivity index (χ4n) is 1.94. The maximum atomic E-state index is 11.9. The van der Waals surface area contributed by atoms with Crippen LogP contribution in [0.5, 0.6) is 5.75 Å². The van der Waals surface area contributed by atoms with Gasteiger partial charge in [0.2, 0.25) is 5.91 Å². The summed E-state index contributed by atoms with van der Waals surface area (Å²) in [6.45, 7) is 3.70. The highest BCUT2D eigenvalue weighted by molar-refractivity contribution is 5.87. The molecule has 0 aliphatic rings. The van der Waals surface area contributed by atoms with Crippen molar-refractivity contribution in [2.75, 3.05) is 6.61 Å². The number of furan rings is 1. The normalized spacial score (nSPS) is 11.6. The van der Waals surface area contributed by atoms with Crippen LogP contribution in [-0.4, -0.2) is 24.5 Å². The van der Waals surface area contributed by atoms with Crippen LogP contribution < -0.4 is 15.4 Å². The van der Waals surface area contributed by atoms with Gasteiger partial charge in [0, 0.05) is 0 Å². The molecule has 1 atom stereocenters. The Kier molecular flexibility index (Phi) is 5.80. The number of benzene rings is 1. The third-order valence-electron chi connectivity index (χ3n) is 3.15. The zero-order valence-corrected chi connectivity index (χ0v) is 13.2. The lowest BCUT2D eigenvalue weighted by Gasteiger charge is -2.14. The second-order valence-corrected chi connectivity index (χ2v) is 5.19. The molecule has 122 valence electrons. The zero-order valence-electron chi connectivity index (χ0n) is 13.2. The Balaban J connectivity index is 1.72. The summed E-state index contributed by atoms with van der Waals surface area (Å²) < 4.78 is 10.5. The number of ether oxygens (including phenoxy) is 1. The molecule has 0 saturated heterocycles. The van der Waals surface area contributed by atoms with Crippen molar-refractivity contribution in [3.8, 4) is 5.75 Å². The minimum atomic E-state index is -0.654. The highest BCUT2D eigenvalue weighted by Crippen LogP contribution is 2.11. The number of carbonyl (C=O) groups excluding carboxylic acids is 2. The molecule has 23 heavy (non-hydrogen) atoms. The van der Waals surface area contributed by atoms with Crippen LogP contribution in [0.3, 0.4) is 0 Å². The summed E-state index contributed by atoms with van der Waals surface area (Å²) in [5, 5.41) is 5.27. The van der Waals surface area contributed by atoms with E-state index in [-0.39, 0.29) is 25.0 Å². The van der Waals surface area contributed by atoms with Crippen LogP contribution in [0, 0.1) is 6.92 Å². The van der Waals surface area contributed by atoms with Gasteiger partial charge in [0.05, 0.1) is 12.8 Å². The van der Waals surface area contributed by atoms with Crippen LogP contribution >= 0.6 is 0 Å². The van der Waals surface area contributed by atoms with Gasteiger partial charge in [0.1, 0.15) is 17.6 Å². The Hall–Kier alpha value is -2.76. The van der Waals surface area contributed by atoms with Gasteiger partial charge in [-0.25, -0.2) is 0 Å². The van der Waals surface area contributed by atoms with Gasteiger partial charge in [-0.2, -0.15) is 0 Å². The molecule has 0 spiro atoms.